The third-order valence-corrected chi connectivity index (χ3v) is 9.17. The quantitative estimate of drug-likeness (QED) is 0.361. The van der Waals surface area contributed by atoms with E-state index < -0.39 is 42.2 Å². The van der Waals surface area contributed by atoms with Crippen molar-refractivity contribution in [3.05, 3.63) is 65.5 Å². The van der Waals surface area contributed by atoms with Gasteiger partial charge in [0.25, 0.3) is 0 Å². The van der Waals surface area contributed by atoms with Crippen LogP contribution in [0.5, 0.6) is 5.75 Å². The number of likely N-dealkylation sites (tertiary alicyclic amines) is 1. The zero-order chi connectivity index (χ0) is 30.0. The summed E-state index contributed by atoms with van der Waals surface area (Å²) in [5, 5.41) is 10.2. The first-order valence-corrected chi connectivity index (χ1v) is 14.5. The first-order chi connectivity index (χ1) is 20.1. The van der Waals surface area contributed by atoms with Crippen molar-refractivity contribution in [1.82, 2.24) is 9.80 Å². The van der Waals surface area contributed by atoms with Gasteiger partial charge in [-0.3, -0.25) is 9.69 Å². The van der Waals surface area contributed by atoms with E-state index in [1.807, 2.05) is 6.07 Å². The first-order valence-electron chi connectivity index (χ1n) is 14.5. The van der Waals surface area contributed by atoms with E-state index in [0.717, 1.165) is 23.3 Å². The van der Waals surface area contributed by atoms with Crippen LogP contribution in [0.4, 0.5) is 22.4 Å². The maximum Gasteiger partial charge on any atom is 0.471 e. The van der Waals surface area contributed by atoms with Crippen LogP contribution in [-0.2, 0) is 16.1 Å². The van der Waals surface area contributed by atoms with E-state index in [2.05, 4.69) is 0 Å². The molecule has 228 valence electrons. The SMILES string of the molecule is COc1ccc(CN(C(=O)C(F)(F)F)C2C(COC3CCC(c4cccc(F)c4)CC3)N(C(=O)O)[C@@H]3CCC[C@H]23)cc1. The lowest BCUT2D eigenvalue weighted by Crippen LogP contribution is -2.55. The number of carbonyl (C=O) groups excluding carboxylic acids is 1. The highest BCUT2D eigenvalue weighted by Gasteiger charge is 2.58. The molecular weight excluding hydrogens is 556 g/mol. The Morgan fingerprint density at radius 3 is 2.36 bits per heavy atom. The molecule has 1 aliphatic heterocycles. The van der Waals surface area contributed by atoms with Crippen LogP contribution in [0.3, 0.4) is 0 Å². The number of hydrogen-bond donors (Lipinski definition) is 1. The van der Waals surface area contributed by atoms with Crippen molar-refractivity contribution in [2.75, 3.05) is 13.7 Å². The van der Waals surface area contributed by atoms with Gasteiger partial charge in [-0.25, -0.2) is 9.18 Å². The van der Waals surface area contributed by atoms with Gasteiger partial charge in [-0.15, -0.1) is 0 Å². The normalized spacial score (nSPS) is 27.5. The van der Waals surface area contributed by atoms with Gasteiger partial charge in [0.05, 0.1) is 31.9 Å². The molecule has 0 aromatic heterocycles. The minimum Gasteiger partial charge on any atom is -0.497 e. The smallest absolute Gasteiger partial charge is 0.471 e. The average molecular weight is 593 g/mol. The topological polar surface area (TPSA) is 79.3 Å². The molecule has 4 atom stereocenters. The molecule has 2 aromatic rings. The van der Waals surface area contributed by atoms with Crippen LogP contribution in [-0.4, -0.2) is 71.0 Å². The molecule has 0 radical (unpaired) electrons. The van der Waals surface area contributed by atoms with Crippen molar-refractivity contribution in [3.8, 4) is 5.75 Å². The highest BCUT2D eigenvalue weighted by Crippen LogP contribution is 2.45. The lowest BCUT2D eigenvalue weighted by Gasteiger charge is -2.38. The lowest BCUT2D eigenvalue weighted by molar-refractivity contribution is -0.190. The number of benzene rings is 2. The van der Waals surface area contributed by atoms with Crippen LogP contribution < -0.4 is 4.74 Å². The van der Waals surface area contributed by atoms with E-state index in [1.54, 1.807) is 30.3 Å². The van der Waals surface area contributed by atoms with Gasteiger partial charge in [0.2, 0.25) is 0 Å². The second-order valence-corrected chi connectivity index (χ2v) is 11.6. The highest BCUT2D eigenvalue weighted by molar-refractivity contribution is 5.82. The maximum absolute atomic E-state index is 14.0. The molecule has 0 bridgehead atoms. The van der Waals surface area contributed by atoms with Gasteiger partial charge in [-0.2, -0.15) is 13.2 Å². The van der Waals surface area contributed by atoms with Gasteiger partial charge in [0.1, 0.15) is 11.6 Å². The van der Waals surface area contributed by atoms with Crippen molar-refractivity contribution in [1.29, 1.82) is 0 Å². The number of fused-ring (bicyclic) bond motifs is 1. The summed E-state index contributed by atoms with van der Waals surface area (Å²) < 4.78 is 67.0. The molecule has 3 aliphatic rings. The molecule has 2 unspecified atom stereocenters. The number of hydrogen-bond acceptors (Lipinski definition) is 4. The summed E-state index contributed by atoms with van der Waals surface area (Å²) >= 11 is 0. The first kappa shape index (κ1) is 30.1. The fraction of sp³-hybridized carbons (Fsp3) is 0.548. The van der Waals surface area contributed by atoms with Gasteiger partial charge in [0.15, 0.2) is 0 Å². The molecule has 3 fully saturated rings. The van der Waals surface area contributed by atoms with E-state index in [9.17, 15) is 32.3 Å². The Hall–Kier alpha value is -3.34. The van der Waals surface area contributed by atoms with Crippen LogP contribution in [0, 0.1) is 11.7 Å². The molecule has 2 amide bonds. The Kier molecular flexibility index (Phi) is 8.96. The molecular formula is C31H36F4N2O5. The molecule has 2 saturated carbocycles. The number of carbonyl (C=O) groups is 2. The number of nitrogens with zero attached hydrogens (tertiary/aromatic N) is 2. The van der Waals surface area contributed by atoms with Crippen LogP contribution in [0.15, 0.2) is 48.5 Å². The van der Waals surface area contributed by atoms with Gasteiger partial charge in [-0.05, 0) is 79.8 Å². The van der Waals surface area contributed by atoms with Crippen molar-refractivity contribution in [2.24, 2.45) is 5.92 Å². The summed E-state index contributed by atoms with van der Waals surface area (Å²) in [6, 6.07) is 10.5. The Morgan fingerprint density at radius 2 is 1.74 bits per heavy atom. The largest absolute Gasteiger partial charge is 0.497 e. The number of rotatable bonds is 8. The van der Waals surface area contributed by atoms with Crippen molar-refractivity contribution in [3.63, 3.8) is 0 Å². The fourth-order valence-electron chi connectivity index (χ4n) is 7.27. The Labute approximate surface area is 242 Å². The molecule has 1 saturated heterocycles. The average Bonchev–Trinajstić information content (AvgIpc) is 3.55. The van der Waals surface area contributed by atoms with Gasteiger partial charge in [0, 0.05) is 18.5 Å². The standard InChI is InChI=1S/C31H36F4N2O5/c1-41-23-12-8-19(9-13-23)17-36(29(38)31(33,34)35)28-25-6-3-7-26(25)37(30(39)40)27(28)18-42-24-14-10-20(11-15-24)21-4-2-5-22(32)16-21/h2,4-5,8-9,12-13,16,20,24-28H,3,6-7,10-11,14-15,17-18H2,1H3,(H,39,40)/t20?,24?,25-,26+,27?,28?/m0/s1. The summed E-state index contributed by atoms with van der Waals surface area (Å²) in [6.07, 6.45) is -2.00. The molecule has 2 aliphatic carbocycles. The second-order valence-electron chi connectivity index (χ2n) is 11.6. The zero-order valence-corrected chi connectivity index (χ0v) is 23.4. The van der Waals surface area contributed by atoms with Gasteiger partial charge in [-0.1, -0.05) is 30.7 Å². The number of carboxylic acid groups (broad SMARTS) is 1. The molecule has 11 heteroatoms. The second kappa shape index (κ2) is 12.5. The van der Waals surface area contributed by atoms with Crippen LogP contribution >= 0.6 is 0 Å². The molecule has 42 heavy (non-hydrogen) atoms. The number of amides is 2. The zero-order valence-electron chi connectivity index (χ0n) is 23.4. The van der Waals surface area contributed by atoms with Crippen LogP contribution in [0.2, 0.25) is 0 Å². The molecule has 1 heterocycles. The fourth-order valence-corrected chi connectivity index (χ4v) is 7.27. The lowest BCUT2D eigenvalue weighted by atomic mass is 9.82. The summed E-state index contributed by atoms with van der Waals surface area (Å²) in [6.45, 7) is -0.428. The molecule has 1 N–H and O–H groups in total. The van der Waals surface area contributed by atoms with Crippen LogP contribution in [0.1, 0.15) is 62.0 Å². The molecule has 5 rings (SSSR count). The molecule has 7 nitrogen and oxygen atoms in total. The van der Waals surface area contributed by atoms with Crippen LogP contribution in [0.25, 0.3) is 0 Å². The monoisotopic (exact) mass is 592 g/mol. The Balaban J connectivity index is 1.37. The van der Waals surface area contributed by atoms with E-state index in [1.165, 1.54) is 24.1 Å². The summed E-state index contributed by atoms with van der Waals surface area (Å²) in [5.74, 6) is -1.99. The summed E-state index contributed by atoms with van der Waals surface area (Å²) in [7, 11) is 1.48. The predicted molar refractivity (Wildman–Crippen MR) is 146 cm³/mol. The number of ether oxygens (including phenoxy) is 2. The summed E-state index contributed by atoms with van der Waals surface area (Å²) in [4.78, 5) is 27.5. The third-order valence-electron chi connectivity index (χ3n) is 9.17. The number of methoxy groups -OCH3 is 1. The Bertz CT molecular complexity index is 1250. The van der Waals surface area contributed by atoms with Crippen molar-refractivity contribution < 1.29 is 41.7 Å². The predicted octanol–water partition coefficient (Wildman–Crippen LogP) is 6.37. The summed E-state index contributed by atoms with van der Waals surface area (Å²) in [5.41, 5.74) is 1.40. The van der Waals surface area contributed by atoms with Crippen molar-refractivity contribution >= 4 is 12.0 Å². The minimum atomic E-state index is -5.13. The number of halogens is 4. The Morgan fingerprint density at radius 1 is 1.02 bits per heavy atom. The van der Waals surface area contributed by atoms with E-state index in [4.69, 9.17) is 9.47 Å². The van der Waals surface area contributed by atoms with E-state index >= 15 is 0 Å². The van der Waals surface area contributed by atoms with E-state index in [-0.39, 0.29) is 31.0 Å². The van der Waals surface area contributed by atoms with Crippen molar-refractivity contribution in [2.45, 2.75) is 87.8 Å². The molecule has 2 aromatic carbocycles. The van der Waals surface area contributed by atoms with Gasteiger partial charge < -0.3 is 19.5 Å². The van der Waals surface area contributed by atoms with Gasteiger partial charge >= 0.3 is 18.2 Å². The van der Waals surface area contributed by atoms with E-state index in [0.29, 0.717) is 43.4 Å². The number of alkyl halides is 3. The minimum absolute atomic E-state index is 0.108. The maximum atomic E-state index is 14.0. The molecule has 0 spiro atoms. The highest BCUT2D eigenvalue weighted by atomic mass is 19.4. The third kappa shape index (κ3) is 6.35.